The lowest BCUT2D eigenvalue weighted by atomic mass is 9.87. The third-order valence-electron chi connectivity index (χ3n) is 4.22. The van der Waals surface area contributed by atoms with E-state index in [4.69, 9.17) is 0 Å². The lowest BCUT2D eigenvalue weighted by Crippen LogP contribution is -2.24. The van der Waals surface area contributed by atoms with Gasteiger partial charge in [0.25, 0.3) is 0 Å². The van der Waals surface area contributed by atoms with Crippen molar-refractivity contribution in [1.82, 2.24) is 0 Å². The molecular weight excluding hydrogens is 242 g/mol. The molecule has 1 atom stereocenters. The smallest absolute Gasteiger partial charge is 0.0446 e. The molecule has 1 unspecified atom stereocenters. The number of rotatable bonds is 1. The fraction of sp³-hybridized carbons (Fsp3) is 0.368. The van der Waals surface area contributed by atoms with Gasteiger partial charge in [-0.2, -0.15) is 0 Å². The van der Waals surface area contributed by atoms with E-state index in [0.29, 0.717) is 6.04 Å². The van der Waals surface area contributed by atoms with Crippen LogP contribution in [0.2, 0.25) is 0 Å². The predicted molar refractivity (Wildman–Crippen MR) is 86.9 cm³/mol. The Balaban J connectivity index is 1.98. The summed E-state index contributed by atoms with van der Waals surface area (Å²) >= 11 is 0. The molecule has 20 heavy (non-hydrogen) atoms. The van der Waals surface area contributed by atoms with Crippen LogP contribution < -0.4 is 4.90 Å². The van der Waals surface area contributed by atoms with Crippen molar-refractivity contribution >= 4 is 11.4 Å². The van der Waals surface area contributed by atoms with Gasteiger partial charge in [-0.3, -0.25) is 0 Å². The summed E-state index contributed by atoms with van der Waals surface area (Å²) in [6, 6.07) is 18.3. The van der Waals surface area contributed by atoms with E-state index in [1.54, 1.807) is 0 Å². The van der Waals surface area contributed by atoms with Crippen LogP contribution in [0.1, 0.15) is 38.8 Å². The van der Waals surface area contributed by atoms with Crippen molar-refractivity contribution in [3.63, 3.8) is 0 Å². The Morgan fingerprint density at radius 1 is 0.950 bits per heavy atom. The van der Waals surface area contributed by atoms with Crippen LogP contribution in [0.3, 0.4) is 0 Å². The third-order valence-corrected chi connectivity index (χ3v) is 4.22. The van der Waals surface area contributed by atoms with Gasteiger partial charge in [-0.15, -0.1) is 0 Å². The van der Waals surface area contributed by atoms with Crippen LogP contribution in [0, 0.1) is 0 Å². The lowest BCUT2D eigenvalue weighted by Gasteiger charge is -2.26. The maximum atomic E-state index is 2.46. The van der Waals surface area contributed by atoms with Crippen LogP contribution in [-0.2, 0) is 11.8 Å². The van der Waals surface area contributed by atoms with Crippen LogP contribution in [0.4, 0.5) is 11.4 Å². The number of para-hydroxylation sites is 1. The van der Waals surface area contributed by atoms with Crippen LogP contribution >= 0.6 is 0 Å². The average Bonchev–Trinajstić information content (AvgIpc) is 2.73. The molecule has 1 aliphatic heterocycles. The molecule has 1 nitrogen and oxygen atoms in total. The van der Waals surface area contributed by atoms with Crippen molar-refractivity contribution in [1.29, 1.82) is 0 Å². The normalized spacial score (nSPS) is 18.2. The zero-order valence-corrected chi connectivity index (χ0v) is 12.9. The van der Waals surface area contributed by atoms with E-state index in [1.165, 1.54) is 22.5 Å². The highest BCUT2D eigenvalue weighted by Gasteiger charge is 2.26. The molecule has 0 aromatic heterocycles. The van der Waals surface area contributed by atoms with Gasteiger partial charge in [0.05, 0.1) is 0 Å². The molecule has 0 aliphatic carbocycles. The minimum Gasteiger partial charge on any atom is -0.338 e. The Labute approximate surface area is 122 Å². The van der Waals surface area contributed by atoms with Gasteiger partial charge in [0.1, 0.15) is 0 Å². The van der Waals surface area contributed by atoms with Crippen LogP contribution in [0.25, 0.3) is 0 Å². The second-order valence-corrected chi connectivity index (χ2v) is 6.85. The number of hydrogen-bond donors (Lipinski definition) is 0. The summed E-state index contributed by atoms with van der Waals surface area (Å²) in [6.45, 7) is 9.08. The molecule has 0 radical (unpaired) electrons. The van der Waals surface area contributed by atoms with Crippen LogP contribution in [0.5, 0.6) is 0 Å². The highest BCUT2D eigenvalue weighted by molar-refractivity contribution is 5.71. The predicted octanol–water partition coefficient (Wildman–Crippen LogP) is 5.07. The molecule has 3 rings (SSSR count). The SMILES string of the molecule is CC1Cc2ccccc2N1c1ccc(C(C)(C)C)cc1. The highest BCUT2D eigenvalue weighted by atomic mass is 15.2. The molecule has 1 aliphatic rings. The zero-order valence-electron chi connectivity index (χ0n) is 12.9. The van der Waals surface area contributed by atoms with E-state index in [0.717, 1.165) is 6.42 Å². The molecule has 0 amide bonds. The number of anilines is 2. The third kappa shape index (κ3) is 2.22. The first-order valence-corrected chi connectivity index (χ1v) is 7.44. The summed E-state index contributed by atoms with van der Waals surface area (Å²) in [6.07, 6.45) is 1.14. The molecule has 0 spiro atoms. The second kappa shape index (κ2) is 4.66. The van der Waals surface area contributed by atoms with Crippen molar-refractivity contribution in [2.45, 2.75) is 45.6 Å². The topological polar surface area (TPSA) is 3.24 Å². The molecular formula is C19H23N. The van der Waals surface area contributed by atoms with Gasteiger partial charge in [0.15, 0.2) is 0 Å². The Hall–Kier alpha value is -1.76. The summed E-state index contributed by atoms with van der Waals surface area (Å²) in [5, 5.41) is 0. The molecule has 0 saturated heterocycles. The highest BCUT2D eigenvalue weighted by Crippen LogP contribution is 2.38. The van der Waals surface area contributed by atoms with E-state index in [1.807, 2.05) is 0 Å². The van der Waals surface area contributed by atoms with Gasteiger partial charge in [0, 0.05) is 17.4 Å². The minimum atomic E-state index is 0.215. The minimum absolute atomic E-state index is 0.215. The van der Waals surface area contributed by atoms with E-state index < -0.39 is 0 Å². The summed E-state index contributed by atoms with van der Waals surface area (Å²) < 4.78 is 0. The molecule has 2 aromatic carbocycles. The fourth-order valence-corrected chi connectivity index (χ4v) is 3.08. The Morgan fingerprint density at radius 3 is 2.25 bits per heavy atom. The molecule has 1 heterocycles. The molecule has 104 valence electrons. The van der Waals surface area contributed by atoms with Crippen molar-refractivity contribution in [3.8, 4) is 0 Å². The molecule has 2 aromatic rings. The van der Waals surface area contributed by atoms with Gasteiger partial charge >= 0.3 is 0 Å². The quantitative estimate of drug-likeness (QED) is 0.696. The monoisotopic (exact) mass is 265 g/mol. The Morgan fingerprint density at radius 2 is 1.60 bits per heavy atom. The van der Waals surface area contributed by atoms with Crippen molar-refractivity contribution in [2.75, 3.05) is 4.90 Å². The first-order valence-electron chi connectivity index (χ1n) is 7.44. The summed E-state index contributed by atoms with van der Waals surface area (Å²) in [7, 11) is 0. The van der Waals surface area contributed by atoms with Crippen LogP contribution in [-0.4, -0.2) is 6.04 Å². The maximum absolute atomic E-state index is 2.46. The molecule has 0 saturated carbocycles. The van der Waals surface area contributed by atoms with Crippen molar-refractivity contribution in [2.24, 2.45) is 0 Å². The standard InChI is InChI=1S/C19H23N/c1-14-13-15-7-5-6-8-18(15)20(14)17-11-9-16(10-12-17)19(2,3)4/h5-12,14H,13H2,1-4H3. The largest absolute Gasteiger partial charge is 0.338 e. The van der Waals surface area contributed by atoms with Gasteiger partial charge in [0.2, 0.25) is 0 Å². The Kier molecular flexibility index (Phi) is 3.08. The molecule has 1 heteroatoms. The number of benzene rings is 2. The second-order valence-electron chi connectivity index (χ2n) is 6.85. The van der Waals surface area contributed by atoms with E-state index in [-0.39, 0.29) is 5.41 Å². The van der Waals surface area contributed by atoms with Gasteiger partial charge in [-0.1, -0.05) is 51.1 Å². The Bertz CT molecular complexity index is 604. The van der Waals surface area contributed by atoms with E-state index in [9.17, 15) is 0 Å². The number of fused-ring (bicyclic) bond motifs is 1. The van der Waals surface area contributed by atoms with E-state index in [2.05, 4.69) is 81.1 Å². The number of nitrogens with zero attached hydrogens (tertiary/aromatic N) is 1. The summed E-state index contributed by atoms with van der Waals surface area (Å²) in [5.41, 5.74) is 5.73. The van der Waals surface area contributed by atoms with Crippen molar-refractivity contribution in [3.05, 3.63) is 59.7 Å². The van der Waals surface area contributed by atoms with Gasteiger partial charge in [-0.05, 0) is 48.1 Å². The summed E-state index contributed by atoms with van der Waals surface area (Å²) in [4.78, 5) is 2.46. The first-order chi connectivity index (χ1) is 9.47. The first kappa shape index (κ1) is 13.2. The van der Waals surface area contributed by atoms with Gasteiger partial charge < -0.3 is 4.90 Å². The summed E-state index contributed by atoms with van der Waals surface area (Å²) in [5.74, 6) is 0. The number of hydrogen-bond acceptors (Lipinski definition) is 1. The lowest BCUT2D eigenvalue weighted by molar-refractivity contribution is 0.590. The van der Waals surface area contributed by atoms with Gasteiger partial charge in [-0.25, -0.2) is 0 Å². The van der Waals surface area contributed by atoms with E-state index >= 15 is 0 Å². The average molecular weight is 265 g/mol. The molecule has 0 bridgehead atoms. The molecule has 0 fully saturated rings. The zero-order chi connectivity index (χ0) is 14.3. The molecule has 0 N–H and O–H groups in total. The van der Waals surface area contributed by atoms with Crippen molar-refractivity contribution < 1.29 is 0 Å². The fourth-order valence-electron chi connectivity index (χ4n) is 3.08. The van der Waals surface area contributed by atoms with Crippen LogP contribution in [0.15, 0.2) is 48.5 Å². The maximum Gasteiger partial charge on any atom is 0.0446 e.